The van der Waals surface area contributed by atoms with Gasteiger partial charge in [-0.25, -0.2) is 4.57 Å². The predicted molar refractivity (Wildman–Crippen MR) is 110 cm³/mol. The molecule has 0 aromatic carbocycles. The van der Waals surface area contributed by atoms with Crippen molar-refractivity contribution in [2.24, 2.45) is 0 Å². The van der Waals surface area contributed by atoms with Crippen LogP contribution in [0.5, 0.6) is 0 Å². The average Bonchev–Trinajstić information content (AvgIpc) is 2.49. The van der Waals surface area contributed by atoms with E-state index >= 15 is 0 Å². The Bertz CT molecular complexity index is 341. The Kier molecular flexibility index (Phi) is 14.6. The first-order valence-corrected chi connectivity index (χ1v) is 15.0. The van der Waals surface area contributed by atoms with Crippen LogP contribution in [0.2, 0.25) is 18.6 Å². The molecule has 0 aromatic heterocycles. The number of hydrogen-bond donors (Lipinski definition) is 2. The van der Waals surface area contributed by atoms with Gasteiger partial charge in [0, 0.05) is 0 Å². The first-order valence-electron chi connectivity index (χ1n) is 10.5. The van der Waals surface area contributed by atoms with Gasteiger partial charge in [-0.1, -0.05) is 104 Å². The first-order chi connectivity index (χ1) is 11.7. The summed E-state index contributed by atoms with van der Waals surface area (Å²) in [6.45, 7) is 8.41. The lowest BCUT2D eigenvalue weighted by Gasteiger charge is -2.32. The van der Waals surface area contributed by atoms with Gasteiger partial charge in [-0.3, -0.25) is 0 Å². The van der Waals surface area contributed by atoms with Gasteiger partial charge in [-0.2, -0.15) is 0 Å². The summed E-state index contributed by atoms with van der Waals surface area (Å²) in [5.41, 5.74) is 0.345. The summed E-state index contributed by atoms with van der Waals surface area (Å²) < 4.78 is 16.6. The first kappa shape index (κ1) is 25.3. The average molecular weight is 395 g/mol. The minimum atomic E-state index is -4.39. The molecule has 0 radical (unpaired) electrons. The number of hydrogen-bond acceptors (Lipinski definition) is 2. The quantitative estimate of drug-likeness (QED) is 0.156. The maximum absolute atomic E-state index is 11.4. The molecule has 0 unspecified atom stereocenters. The molecule has 0 aromatic rings. The van der Waals surface area contributed by atoms with Crippen molar-refractivity contribution in [2.45, 2.75) is 122 Å². The van der Waals surface area contributed by atoms with E-state index in [1.54, 1.807) is 0 Å². The summed E-state index contributed by atoms with van der Waals surface area (Å²) in [5, 5.41) is 0. The van der Waals surface area contributed by atoms with E-state index < -0.39 is 16.1 Å². The molecule has 0 amide bonds. The number of unbranched alkanes of at least 4 members (excludes halogenated alkanes) is 10. The lowest BCUT2D eigenvalue weighted by Crippen LogP contribution is -2.35. The molecule has 6 heteroatoms. The van der Waals surface area contributed by atoms with Gasteiger partial charge in [-0.05, 0) is 18.6 Å². The van der Waals surface area contributed by atoms with Crippen LogP contribution in [0.15, 0.2) is 0 Å². The monoisotopic (exact) mass is 394 g/mol. The van der Waals surface area contributed by atoms with Crippen LogP contribution >= 0.6 is 7.82 Å². The SMILES string of the molecule is CCCCCCCCC(CCCCCCCC)[Si](C)(C)OP(=O)(O)O. The van der Waals surface area contributed by atoms with E-state index in [1.807, 2.05) is 13.1 Å². The normalized spacial score (nSPS) is 12.9. The van der Waals surface area contributed by atoms with Gasteiger partial charge in [0.15, 0.2) is 0 Å². The van der Waals surface area contributed by atoms with Crippen LogP contribution in [0, 0.1) is 0 Å². The summed E-state index contributed by atoms with van der Waals surface area (Å²) in [6.07, 6.45) is 17.2. The zero-order valence-electron chi connectivity index (χ0n) is 17.1. The molecule has 152 valence electrons. The second-order valence-corrected chi connectivity index (χ2v) is 13.7. The van der Waals surface area contributed by atoms with Crippen LogP contribution in [-0.4, -0.2) is 18.1 Å². The van der Waals surface area contributed by atoms with Gasteiger partial charge >= 0.3 is 7.82 Å². The maximum atomic E-state index is 11.4. The van der Waals surface area contributed by atoms with E-state index in [0.29, 0.717) is 5.54 Å². The number of phosphoric acid groups is 1. The Hall–Kier alpha value is 0.327. The fourth-order valence-corrected chi connectivity index (χ4v) is 8.41. The third-order valence-electron chi connectivity index (χ3n) is 5.15. The molecular weight excluding hydrogens is 351 g/mol. The van der Waals surface area contributed by atoms with Crippen molar-refractivity contribution in [1.29, 1.82) is 0 Å². The van der Waals surface area contributed by atoms with E-state index in [4.69, 9.17) is 4.21 Å². The Morgan fingerprint density at radius 1 is 0.760 bits per heavy atom. The van der Waals surface area contributed by atoms with E-state index in [9.17, 15) is 14.4 Å². The highest BCUT2D eigenvalue weighted by atomic mass is 31.2. The van der Waals surface area contributed by atoms with Crippen molar-refractivity contribution in [3.63, 3.8) is 0 Å². The Balaban J connectivity index is 4.37. The minimum absolute atomic E-state index is 0.345. The van der Waals surface area contributed by atoms with Gasteiger partial charge in [0.25, 0.3) is 0 Å². The highest BCUT2D eigenvalue weighted by Gasteiger charge is 2.38. The second-order valence-electron chi connectivity index (χ2n) is 8.00. The van der Waals surface area contributed by atoms with Crippen molar-refractivity contribution >= 4 is 16.1 Å². The molecule has 0 heterocycles. The van der Waals surface area contributed by atoms with Crippen LogP contribution in [0.25, 0.3) is 0 Å². The number of rotatable bonds is 17. The molecule has 0 rings (SSSR count). The van der Waals surface area contributed by atoms with Gasteiger partial charge in [0.1, 0.15) is 0 Å². The van der Waals surface area contributed by atoms with E-state index in [-0.39, 0.29) is 0 Å². The lowest BCUT2D eigenvalue weighted by molar-refractivity contribution is 0.275. The third-order valence-corrected chi connectivity index (χ3v) is 10.5. The smallest absolute Gasteiger partial charge is 0.330 e. The fourth-order valence-electron chi connectivity index (χ4n) is 3.56. The van der Waals surface area contributed by atoms with Crippen LogP contribution in [0.4, 0.5) is 0 Å². The topological polar surface area (TPSA) is 66.8 Å². The van der Waals surface area contributed by atoms with Crippen molar-refractivity contribution in [1.82, 2.24) is 0 Å². The molecule has 0 saturated heterocycles. The molecule has 2 N–H and O–H groups in total. The molecule has 0 aliphatic heterocycles. The zero-order chi connectivity index (χ0) is 19.2. The second kappa shape index (κ2) is 14.4. The summed E-state index contributed by atoms with van der Waals surface area (Å²) >= 11 is 0. The highest BCUT2D eigenvalue weighted by Crippen LogP contribution is 2.46. The zero-order valence-corrected chi connectivity index (χ0v) is 19.0. The van der Waals surface area contributed by atoms with Crippen molar-refractivity contribution < 1.29 is 18.6 Å². The van der Waals surface area contributed by atoms with E-state index in [0.717, 1.165) is 25.7 Å². The predicted octanol–water partition coefficient (Wildman–Crippen LogP) is 7.17. The Morgan fingerprint density at radius 3 is 1.48 bits per heavy atom. The summed E-state index contributed by atoms with van der Waals surface area (Å²) in [5.74, 6) is 0. The fraction of sp³-hybridized carbons (Fsp3) is 1.00. The molecule has 25 heavy (non-hydrogen) atoms. The van der Waals surface area contributed by atoms with Crippen molar-refractivity contribution in [2.75, 3.05) is 0 Å². The lowest BCUT2D eigenvalue weighted by atomic mass is 10.0. The van der Waals surface area contributed by atoms with E-state index in [2.05, 4.69) is 13.8 Å². The van der Waals surface area contributed by atoms with E-state index in [1.165, 1.54) is 64.2 Å². The van der Waals surface area contributed by atoms with Crippen LogP contribution in [0.1, 0.15) is 104 Å². The third kappa shape index (κ3) is 15.1. The Labute approximate surface area is 157 Å². The largest absolute Gasteiger partial charge is 0.459 e. The molecule has 0 saturated carbocycles. The molecule has 0 aliphatic carbocycles. The van der Waals surface area contributed by atoms with Crippen LogP contribution in [0.3, 0.4) is 0 Å². The molecule has 0 fully saturated rings. The van der Waals surface area contributed by atoms with Crippen molar-refractivity contribution in [3.05, 3.63) is 0 Å². The van der Waals surface area contributed by atoms with Crippen LogP contribution < -0.4 is 0 Å². The van der Waals surface area contributed by atoms with Gasteiger partial charge in [0.2, 0.25) is 8.32 Å². The van der Waals surface area contributed by atoms with Crippen LogP contribution in [-0.2, 0) is 8.78 Å². The summed E-state index contributed by atoms with van der Waals surface area (Å²) in [7, 11) is -6.77. The molecule has 0 aliphatic rings. The van der Waals surface area contributed by atoms with Gasteiger partial charge in [-0.15, -0.1) is 0 Å². The molecule has 0 atom stereocenters. The Morgan fingerprint density at radius 2 is 1.12 bits per heavy atom. The van der Waals surface area contributed by atoms with Gasteiger partial charge in [0.05, 0.1) is 0 Å². The standard InChI is InChI=1S/C19H43O4PSi/c1-5-7-9-11-13-15-17-19(18-16-14-12-10-8-6-2)25(3,4)23-24(20,21)22/h19H,5-18H2,1-4H3,(H2,20,21,22). The summed E-state index contributed by atoms with van der Waals surface area (Å²) in [6, 6.07) is 0. The molecule has 4 nitrogen and oxygen atoms in total. The highest BCUT2D eigenvalue weighted by molar-refractivity contribution is 7.48. The molecular formula is C19H43O4PSi. The van der Waals surface area contributed by atoms with Crippen molar-refractivity contribution in [3.8, 4) is 0 Å². The maximum Gasteiger partial charge on any atom is 0.459 e. The minimum Gasteiger partial charge on any atom is -0.330 e. The van der Waals surface area contributed by atoms with Gasteiger partial charge < -0.3 is 14.0 Å². The molecule has 0 spiro atoms. The summed E-state index contributed by atoms with van der Waals surface area (Å²) in [4.78, 5) is 18.5. The molecule has 0 bridgehead atoms.